The molecule has 27 heavy (non-hydrogen) atoms. The first-order valence-electron chi connectivity index (χ1n) is 7.38. The number of nitrogens with zero attached hydrogens (tertiary/aromatic N) is 1. The molecule has 0 unspecified atom stereocenters. The second kappa shape index (κ2) is 7.28. The van der Waals surface area contributed by atoms with Crippen LogP contribution in [0.5, 0.6) is 0 Å². The Morgan fingerprint density at radius 1 is 0.963 bits per heavy atom. The van der Waals surface area contributed by atoms with Gasteiger partial charge in [-0.2, -0.15) is 0 Å². The van der Waals surface area contributed by atoms with E-state index in [1.165, 1.54) is 17.4 Å². The standard InChI is InChI=1S/C18H6Cl5NO2S/c19-8-2-1-7(10(21)4-8)3-12-18(25)26-17(24-12)16-15(23)14-11(22)5-9(20)6-13(14)27-16/h1-6H/b12-3-. The van der Waals surface area contributed by atoms with Crippen molar-refractivity contribution in [3.05, 3.63) is 71.6 Å². The van der Waals surface area contributed by atoms with Crippen molar-refractivity contribution >= 4 is 97.4 Å². The fraction of sp³-hybridized carbons (Fsp3) is 0. The van der Waals surface area contributed by atoms with E-state index in [1.807, 2.05) is 0 Å². The van der Waals surface area contributed by atoms with Crippen LogP contribution in [0.4, 0.5) is 0 Å². The number of rotatable bonds is 2. The van der Waals surface area contributed by atoms with Crippen molar-refractivity contribution in [2.45, 2.75) is 0 Å². The molecule has 0 spiro atoms. The summed E-state index contributed by atoms with van der Waals surface area (Å²) in [6.45, 7) is 0. The minimum Gasteiger partial charge on any atom is -0.401 e. The SMILES string of the molecule is O=C1OC(c2sc3cc(Cl)cc(Cl)c3c2Cl)=N/C1=C\c1ccc(Cl)cc1Cl. The van der Waals surface area contributed by atoms with Gasteiger partial charge in [0.1, 0.15) is 4.88 Å². The van der Waals surface area contributed by atoms with E-state index >= 15 is 0 Å². The van der Waals surface area contributed by atoms with E-state index in [9.17, 15) is 4.79 Å². The van der Waals surface area contributed by atoms with Gasteiger partial charge in [0.2, 0.25) is 5.90 Å². The van der Waals surface area contributed by atoms with Crippen LogP contribution in [-0.2, 0) is 9.53 Å². The quantitative estimate of drug-likeness (QED) is 0.283. The fourth-order valence-corrected chi connectivity index (χ4v) is 5.28. The van der Waals surface area contributed by atoms with E-state index < -0.39 is 5.97 Å². The topological polar surface area (TPSA) is 38.7 Å². The number of fused-ring (bicyclic) bond motifs is 1. The lowest BCUT2D eigenvalue weighted by Gasteiger charge is -1.98. The number of hydrogen-bond donors (Lipinski definition) is 0. The molecular weight excluding hydrogens is 472 g/mol. The van der Waals surface area contributed by atoms with E-state index in [-0.39, 0.29) is 11.6 Å². The van der Waals surface area contributed by atoms with E-state index in [1.54, 1.807) is 30.3 Å². The molecule has 1 aliphatic rings. The van der Waals surface area contributed by atoms with Crippen molar-refractivity contribution in [2.24, 2.45) is 4.99 Å². The third kappa shape index (κ3) is 3.58. The van der Waals surface area contributed by atoms with Crippen molar-refractivity contribution in [3.63, 3.8) is 0 Å². The number of hydrogen-bond acceptors (Lipinski definition) is 4. The van der Waals surface area contributed by atoms with Crippen LogP contribution in [0.2, 0.25) is 25.1 Å². The second-order valence-electron chi connectivity index (χ2n) is 5.51. The van der Waals surface area contributed by atoms with E-state index in [4.69, 9.17) is 62.7 Å². The summed E-state index contributed by atoms with van der Waals surface area (Å²) >= 11 is 32.0. The summed E-state index contributed by atoms with van der Waals surface area (Å²) in [5.74, 6) is -0.497. The van der Waals surface area contributed by atoms with Gasteiger partial charge >= 0.3 is 5.97 Å². The van der Waals surface area contributed by atoms with Gasteiger partial charge in [-0.1, -0.05) is 64.1 Å². The average molecular weight is 478 g/mol. The highest BCUT2D eigenvalue weighted by Gasteiger charge is 2.28. The zero-order valence-corrected chi connectivity index (χ0v) is 17.6. The Morgan fingerprint density at radius 2 is 1.70 bits per heavy atom. The van der Waals surface area contributed by atoms with Gasteiger partial charge in [-0.3, -0.25) is 0 Å². The molecule has 9 heteroatoms. The molecule has 3 aromatic rings. The summed E-state index contributed by atoms with van der Waals surface area (Å²) in [6, 6.07) is 8.27. The highest BCUT2D eigenvalue weighted by Crippen LogP contribution is 2.42. The Balaban J connectivity index is 1.79. The Kier molecular flexibility index (Phi) is 5.14. The molecule has 3 nitrogen and oxygen atoms in total. The normalized spacial score (nSPS) is 15.5. The molecule has 1 aliphatic heterocycles. The molecule has 0 N–H and O–H groups in total. The molecule has 0 saturated heterocycles. The number of carbonyl (C=O) groups is 1. The minimum atomic E-state index is -0.603. The second-order valence-corrected chi connectivity index (χ2v) is 8.63. The monoisotopic (exact) mass is 475 g/mol. The van der Waals surface area contributed by atoms with Gasteiger partial charge in [0.25, 0.3) is 0 Å². The van der Waals surface area contributed by atoms with E-state index in [0.29, 0.717) is 40.9 Å². The molecule has 2 aromatic carbocycles. The lowest BCUT2D eigenvalue weighted by Crippen LogP contribution is -2.04. The molecular formula is C18H6Cl5NO2S. The predicted molar refractivity (Wildman–Crippen MR) is 114 cm³/mol. The van der Waals surface area contributed by atoms with Crippen LogP contribution in [0.25, 0.3) is 16.2 Å². The maximum atomic E-state index is 12.2. The zero-order chi connectivity index (χ0) is 19.3. The van der Waals surface area contributed by atoms with Crippen LogP contribution in [-0.4, -0.2) is 11.9 Å². The predicted octanol–water partition coefficient (Wildman–Crippen LogP) is 7.51. The van der Waals surface area contributed by atoms with Gasteiger partial charge in [-0.05, 0) is 35.9 Å². The molecule has 0 fully saturated rings. The highest BCUT2D eigenvalue weighted by atomic mass is 35.5. The highest BCUT2D eigenvalue weighted by molar-refractivity contribution is 7.21. The van der Waals surface area contributed by atoms with Gasteiger partial charge < -0.3 is 4.74 Å². The first-order chi connectivity index (χ1) is 12.8. The third-order valence-corrected chi connectivity index (χ3v) is 6.41. The zero-order valence-electron chi connectivity index (χ0n) is 13.0. The molecule has 136 valence electrons. The molecule has 1 aromatic heterocycles. The van der Waals surface area contributed by atoms with Crippen molar-refractivity contribution in [1.29, 1.82) is 0 Å². The number of ether oxygens (including phenoxy) is 1. The van der Waals surface area contributed by atoms with Crippen LogP contribution in [0.3, 0.4) is 0 Å². The molecule has 2 heterocycles. The Bertz CT molecular complexity index is 1180. The maximum absolute atomic E-state index is 12.2. The summed E-state index contributed by atoms with van der Waals surface area (Å²) in [5.41, 5.74) is 0.696. The lowest BCUT2D eigenvalue weighted by molar-refractivity contribution is -0.129. The first kappa shape index (κ1) is 19.1. The van der Waals surface area contributed by atoms with Crippen molar-refractivity contribution in [3.8, 4) is 0 Å². The Hall–Kier alpha value is -1.27. The number of benzene rings is 2. The number of halogens is 5. The van der Waals surface area contributed by atoms with Gasteiger partial charge in [0.15, 0.2) is 5.70 Å². The molecule has 0 amide bonds. The van der Waals surface area contributed by atoms with Gasteiger partial charge in [0.05, 0.1) is 10.0 Å². The van der Waals surface area contributed by atoms with Crippen LogP contribution >= 0.6 is 69.3 Å². The molecule has 0 atom stereocenters. The largest absolute Gasteiger partial charge is 0.401 e. The third-order valence-electron chi connectivity index (χ3n) is 3.72. The number of carbonyl (C=O) groups excluding carboxylic acids is 1. The Morgan fingerprint density at radius 3 is 2.44 bits per heavy atom. The van der Waals surface area contributed by atoms with Crippen LogP contribution in [0.1, 0.15) is 10.4 Å². The van der Waals surface area contributed by atoms with Gasteiger partial charge in [-0.25, -0.2) is 9.79 Å². The first-order valence-corrected chi connectivity index (χ1v) is 10.1. The van der Waals surface area contributed by atoms with Crippen molar-refractivity contribution < 1.29 is 9.53 Å². The summed E-state index contributed by atoms with van der Waals surface area (Å²) in [6.07, 6.45) is 1.53. The number of thiophene rings is 1. The van der Waals surface area contributed by atoms with Crippen LogP contribution in [0.15, 0.2) is 41.0 Å². The van der Waals surface area contributed by atoms with Crippen molar-refractivity contribution in [2.75, 3.05) is 0 Å². The van der Waals surface area contributed by atoms with Crippen LogP contribution in [0, 0.1) is 0 Å². The van der Waals surface area contributed by atoms with E-state index in [2.05, 4.69) is 4.99 Å². The van der Waals surface area contributed by atoms with E-state index in [0.717, 1.165) is 4.70 Å². The van der Waals surface area contributed by atoms with Gasteiger partial charge in [-0.15, -0.1) is 11.3 Å². The van der Waals surface area contributed by atoms with Crippen molar-refractivity contribution in [1.82, 2.24) is 0 Å². The number of aliphatic imine (C=N–C) groups is 1. The number of esters is 1. The number of cyclic esters (lactones) is 1. The van der Waals surface area contributed by atoms with Gasteiger partial charge in [0, 0.05) is 25.2 Å². The molecule has 4 rings (SSSR count). The summed E-state index contributed by atoms with van der Waals surface area (Å²) in [7, 11) is 0. The summed E-state index contributed by atoms with van der Waals surface area (Å²) < 4.78 is 6.07. The summed E-state index contributed by atoms with van der Waals surface area (Å²) in [5, 5.41) is 2.79. The molecule has 0 radical (unpaired) electrons. The molecule has 0 aliphatic carbocycles. The molecule has 0 bridgehead atoms. The van der Waals surface area contributed by atoms with Crippen LogP contribution < -0.4 is 0 Å². The average Bonchev–Trinajstić information content (AvgIpc) is 3.10. The summed E-state index contributed by atoms with van der Waals surface area (Å²) in [4.78, 5) is 17.0. The smallest absolute Gasteiger partial charge is 0.363 e. The minimum absolute atomic E-state index is 0.104. The molecule has 0 saturated carbocycles. The maximum Gasteiger partial charge on any atom is 0.363 e. The fourth-order valence-electron chi connectivity index (χ4n) is 2.52. The lowest BCUT2D eigenvalue weighted by atomic mass is 10.2. The Labute approximate surface area is 182 Å².